The molecule has 1 aromatic carbocycles. The number of anilines is 1. The lowest BCUT2D eigenvalue weighted by atomic mass is 10.0. The van der Waals surface area contributed by atoms with E-state index in [1.54, 1.807) is 6.20 Å². The molecule has 0 saturated heterocycles. The number of rotatable bonds is 3. The Labute approximate surface area is 147 Å². The molecule has 26 heavy (non-hydrogen) atoms. The van der Waals surface area contributed by atoms with E-state index in [4.69, 9.17) is 4.42 Å². The van der Waals surface area contributed by atoms with Gasteiger partial charge in [-0.15, -0.1) is 0 Å². The summed E-state index contributed by atoms with van der Waals surface area (Å²) in [7, 11) is 0. The first-order chi connectivity index (χ1) is 12.6. The van der Waals surface area contributed by atoms with Crippen LogP contribution in [0, 0.1) is 12.8 Å². The van der Waals surface area contributed by atoms with Crippen LogP contribution in [0.5, 0.6) is 0 Å². The minimum Gasteiger partial charge on any atom is -0.443 e. The van der Waals surface area contributed by atoms with Gasteiger partial charge in [0.2, 0.25) is 5.91 Å². The molecule has 3 aromatic heterocycles. The van der Waals surface area contributed by atoms with E-state index in [1.807, 2.05) is 41.8 Å². The molecule has 7 heteroatoms. The van der Waals surface area contributed by atoms with E-state index < -0.39 is 12.1 Å². The molecule has 6 nitrogen and oxygen atoms in total. The number of amides is 1. The number of hydrogen-bond acceptors (Lipinski definition) is 4. The monoisotopic (exact) mass is 350 g/mol. The van der Waals surface area contributed by atoms with Crippen LogP contribution in [0.25, 0.3) is 27.9 Å². The lowest BCUT2D eigenvalue weighted by Crippen LogP contribution is -2.15. The Morgan fingerprint density at radius 3 is 3.00 bits per heavy atom. The number of pyridine rings is 1. The highest BCUT2D eigenvalue weighted by Gasteiger charge is 2.43. The van der Waals surface area contributed by atoms with Crippen molar-refractivity contribution in [2.24, 2.45) is 5.92 Å². The van der Waals surface area contributed by atoms with Crippen LogP contribution in [-0.4, -0.2) is 26.4 Å². The van der Waals surface area contributed by atoms with E-state index in [0.717, 1.165) is 27.8 Å². The highest BCUT2D eigenvalue weighted by Crippen LogP contribution is 2.34. The fourth-order valence-electron chi connectivity index (χ4n) is 3.18. The van der Waals surface area contributed by atoms with Gasteiger partial charge >= 0.3 is 0 Å². The number of carbonyl (C=O) groups is 1. The molecule has 0 bridgehead atoms. The van der Waals surface area contributed by atoms with E-state index >= 15 is 0 Å². The second-order valence-electron chi connectivity index (χ2n) is 6.64. The van der Waals surface area contributed by atoms with Crippen molar-refractivity contribution in [1.82, 2.24) is 14.4 Å². The van der Waals surface area contributed by atoms with Gasteiger partial charge < -0.3 is 14.1 Å². The lowest BCUT2D eigenvalue weighted by molar-refractivity contribution is -0.117. The molecular formula is C19H15FN4O2. The molecule has 0 radical (unpaired) electrons. The highest BCUT2D eigenvalue weighted by molar-refractivity contribution is 5.94. The number of nitrogens with zero attached hydrogens (tertiary/aromatic N) is 3. The third-order valence-electron chi connectivity index (χ3n) is 4.74. The predicted molar refractivity (Wildman–Crippen MR) is 94.6 cm³/mol. The average molecular weight is 350 g/mol. The zero-order chi connectivity index (χ0) is 17.8. The number of benzene rings is 1. The summed E-state index contributed by atoms with van der Waals surface area (Å²) < 4.78 is 20.2. The second kappa shape index (κ2) is 5.39. The van der Waals surface area contributed by atoms with Crippen molar-refractivity contribution >= 4 is 28.5 Å². The van der Waals surface area contributed by atoms with Gasteiger partial charge in [-0.25, -0.2) is 14.4 Å². The Bertz CT molecular complexity index is 1160. The fraction of sp³-hybridized carbons (Fsp3) is 0.211. The Hall–Kier alpha value is -3.22. The van der Waals surface area contributed by atoms with Gasteiger partial charge in [0.05, 0.1) is 12.1 Å². The van der Waals surface area contributed by atoms with Crippen molar-refractivity contribution in [3.63, 3.8) is 0 Å². The van der Waals surface area contributed by atoms with Gasteiger partial charge in [-0.05, 0) is 54.3 Å². The van der Waals surface area contributed by atoms with Crippen molar-refractivity contribution in [2.45, 2.75) is 19.5 Å². The van der Waals surface area contributed by atoms with Crippen LogP contribution in [0.2, 0.25) is 0 Å². The third-order valence-corrected chi connectivity index (χ3v) is 4.74. The maximum atomic E-state index is 13.0. The molecule has 130 valence electrons. The maximum absolute atomic E-state index is 13.0. The average Bonchev–Trinajstić information content (AvgIpc) is 3.02. The summed E-state index contributed by atoms with van der Waals surface area (Å²) in [5, 5.41) is 2.68. The number of hydrogen-bond donors (Lipinski definition) is 1. The third kappa shape index (κ3) is 2.44. The van der Waals surface area contributed by atoms with Crippen LogP contribution in [0.4, 0.5) is 10.2 Å². The first kappa shape index (κ1) is 15.1. The number of nitrogens with one attached hydrogen (secondary N) is 1. The minimum atomic E-state index is -1.02. The number of fused-ring (bicyclic) bond motifs is 2. The van der Waals surface area contributed by atoms with Gasteiger partial charge in [0, 0.05) is 6.20 Å². The Morgan fingerprint density at radius 2 is 2.19 bits per heavy atom. The van der Waals surface area contributed by atoms with E-state index in [9.17, 15) is 9.18 Å². The standard InChI is InChI=1S/C19H15FN4O2/c1-10-4-15-16(26-9-21-15)6-12(10)11-2-3-18-22-17(8-24(18)7-11)23-19(25)13-5-14(13)20/h2-4,6-9,13-14H,5H2,1H3,(H,23,25). The van der Waals surface area contributed by atoms with Crippen molar-refractivity contribution < 1.29 is 13.6 Å². The Balaban J connectivity index is 1.50. The van der Waals surface area contributed by atoms with Crippen LogP contribution in [0.3, 0.4) is 0 Å². The molecule has 1 aliphatic rings. The van der Waals surface area contributed by atoms with Crippen LogP contribution in [0.15, 0.2) is 47.5 Å². The molecular weight excluding hydrogens is 335 g/mol. The molecule has 3 heterocycles. The van der Waals surface area contributed by atoms with Gasteiger partial charge in [-0.1, -0.05) is 0 Å². The molecule has 1 amide bonds. The molecule has 0 aliphatic heterocycles. The van der Waals surface area contributed by atoms with Crippen LogP contribution >= 0.6 is 0 Å². The lowest BCUT2D eigenvalue weighted by Gasteiger charge is -2.06. The number of alkyl halides is 1. The number of oxazole rings is 1. The van der Waals surface area contributed by atoms with Gasteiger partial charge in [0.15, 0.2) is 17.8 Å². The van der Waals surface area contributed by atoms with E-state index in [0.29, 0.717) is 17.9 Å². The molecule has 2 unspecified atom stereocenters. The SMILES string of the molecule is Cc1cc2ncoc2cc1-c1ccc2nc(NC(=O)C3CC3F)cn2c1. The van der Waals surface area contributed by atoms with Crippen molar-refractivity contribution in [1.29, 1.82) is 0 Å². The fourth-order valence-corrected chi connectivity index (χ4v) is 3.18. The maximum Gasteiger partial charge on any atom is 0.231 e. The quantitative estimate of drug-likeness (QED) is 0.611. The van der Waals surface area contributed by atoms with Gasteiger partial charge in [-0.3, -0.25) is 4.79 Å². The normalized spacial score (nSPS) is 19.2. The van der Waals surface area contributed by atoms with Gasteiger partial charge in [-0.2, -0.15) is 0 Å². The first-order valence-corrected chi connectivity index (χ1v) is 8.36. The molecule has 1 saturated carbocycles. The summed E-state index contributed by atoms with van der Waals surface area (Å²) >= 11 is 0. The summed E-state index contributed by atoms with van der Waals surface area (Å²) in [6, 6.07) is 7.80. The van der Waals surface area contributed by atoms with Crippen LogP contribution < -0.4 is 5.32 Å². The number of carbonyl (C=O) groups excluding carboxylic acids is 1. The zero-order valence-electron chi connectivity index (χ0n) is 13.9. The minimum absolute atomic E-state index is 0.298. The summed E-state index contributed by atoms with van der Waals surface area (Å²) in [6.45, 7) is 2.02. The summed E-state index contributed by atoms with van der Waals surface area (Å²) in [4.78, 5) is 20.4. The number of aryl methyl sites for hydroxylation is 1. The number of halogens is 1. The Morgan fingerprint density at radius 1 is 1.35 bits per heavy atom. The molecule has 1 N–H and O–H groups in total. The number of aromatic nitrogens is 3. The largest absolute Gasteiger partial charge is 0.443 e. The molecule has 1 fully saturated rings. The van der Waals surface area contributed by atoms with Crippen molar-refractivity contribution in [3.8, 4) is 11.1 Å². The molecule has 2 atom stereocenters. The van der Waals surface area contributed by atoms with Crippen molar-refractivity contribution in [2.75, 3.05) is 5.32 Å². The zero-order valence-corrected chi connectivity index (χ0v) is 13.9. The van der Waals surface area contributed by atoms with Gasteiger partial charge in [0.25, 0.3) is 0 Å². The Kier molecular flexibility index (Phi) is 3.12. The first-order valence-electron chi connectivity index (χ1n) is 8.36. The van der Waals surface area contributed by atoms with Crippen LogP contribution in [0.1, 0.15) is 12.0 Å². The van der Waals surface area contributed by atoms with E-state index in [1.165, 1.54) is 6.39 Å². The molecule has 0 spiro atoms. The van der Waals surface area contributed by atoms with Crippen molar-refractivity contribution in [3.05, 3.63) is 48.6 Å². The summed E-state index contributed by atoms with van der Waals surface area (Å²) in [6.07, 6.45) is 4.38. The second-order valence-corrected chi connectivity index (χ2v) is 6.64. The molecule has 5 rings (SSSR count). The van der Waals surface area contributed by atoms with Crippen LogP contribution in [-0.2, 0) is 4.79 Å². The topological polar surface area (TPSA) is 72.4 Å². The molecule has 1 aliphatic carbocycles. The van der Waals surface area contributed by atoms with E-state index in [2.05, 4.69) is 15.3 Å². The summed E-state index contributed by atoms with van der Waals surface area (Å²) in [5.41, 5.74) is 5.38. The summed E-state index contributed by atoms with van der Waals surface area (Å²) in [5.74, 6) is -0.423. The van der Waals surface area contributed by atoms with Gasteiger partial charge in [0.1, 0.15) is 17.3 Å². The predicted octanol–water partition coefficient (Wildman–Crippen LogP) is 3.75. The molecule has 4 aromatic rings. The number of imidazole rings is 1. The highest BCUT2D eigenvalue weighted by atomic mass is 19.1. The van der Waals surface area contributed by atoms with E-state index in [-0.39, 0.29) is 5.91 Å². The smallest absolute Gasteiger partial charge is 0.231 e.